The molecule has 5 nitrogen and oxygen atoms in total. The Morgan fingerprint density at radius 2 is 2.22 bits per heavy atom. The first-order valence-corrected chi connectivity index (χ1v) is 9.22. The third-order valence-corrected chi connectivity index (χ3v) is 4.98. The van der Waals surface area contributed by atoms with Crippen LogP contribution in [0.4, 0.5) is 0 Å². The number of aromatic nitrogens is 1. The van der Waals surface area contributed by atoms with Gasteiger partial charge in [-0.05, 0) is 23.6 Å². The molecule has 8 heteroatoms. The van der Waals surface area contributed by atoms with E-state index in [0.29, 0.717) is 11.7 Å². The minimum absolute atomic E-state index is 0.258. The zero-order chi connectivity index (χ0) is 16.5. The number of amides is 1. The second-order valence-electron chi connectivity index (χ2n) is 4.43. The second-order valence-corrected chi connectivity index (χ2v) is 6.95. The molecule has 0 saturated heterocycles. The third kappa shape index (κ3) is 6.60. The summed E-state index contributed by atoms with van der Waals surface area (Å²) < 4.78 is 4.91. The van der Waals surface area contributed by atoms with Gasteiger partial charge in [0.2, 0.25) is 0 Å². The highest BCUT2D eigenvalue weighted by Gasteiger charge is 2.10. The summed E-state index contributed by atoms with van der Waals surface area (Å²) >= 11 is 9.09. The molecule has 0 radical (unpaired) electrons. The Morgan fingerprint density at radius 1 is 1.35 bits per heavy atom. The van der Waals surface area contributed by atoms with Crippen molar-refractivity contribution < 1.29 is 14.3 Å². The van der Waals surface area contributed by atoms with Crippen LogP contribution in [-0.2, 0) is 15.3 Å². The predicted molar refractivity (Wildman–Crippen MR) is 93.0 cm³/mol. The molecule has 2 aromatic heterocycles. The fraction of sp³-hybridized carbons (Fsp3) is 0.267. The molecule has 23 heavy (non-hydrogen) atoms. The molecule has 0 atom stereocenters. The van der Waals surface area contributed by atoms with E-state index in [1.54, 1.807) is 23.1 Å². The van der Waals surface area contributed by atoms with Crippen molar-refractivity contribution in [2.45, 2.75) is 5.75 Å². The first kappa shape index (κ1) is 17.8. The quantitative estimate of drug-likeness (QED) is 0.439. The normalized spacial score (nSPS) is 10.3. The van der Waals surface area contributed by atoms with Crippen LogP contribution >= 0.6 is 34.7 Å². The molecule has 0 spiro atoms. The van der Waals surface area contributed by atoms with E-state index in [1.807, 2.05) is 11.4 Å². The monoisotopic (exact) mass is 370 g/mol. The molecule has 0 unspecified atom stereocenters. The van der Waals surface area contributed by atoms with Gasteiger partial charge >= 0.3 is 5.97 Å². The van der Waals surface area contributed by atoms with Gasteiger partial charge in [-0.3, -0.25) is 4.79 Å². The van der Waals surface area contributed by atoms with Gasteiger partial charge in [-0.1, -0.05) is 17.7 Å². The van der Waals surface area contributed by atoms with Gasteiger partial charge in [-0.25, -0.2) is 9.78 Å². The summed E-state index contributed by atoms with van der Waals surface area (Å²) in [5, 5.41) is 5.04. The van der Waals surface area contributed by atoms with Crippen molar-refractivity contribution in [3.05, 3.63) is 51.4 Å². The van der Waals surface area contributed by atoms with Gasteiger partial charge in [0, 0.05) is 29.1 Å². The molecular weight excluding hydrogens is 356 g/mol. The van der Waals surface area contributed by atoms with Crippen LogP contribution in [0.15, 0.2) is 35.8 Å². The lowest BCUT2D eigenvalue weighted by Gasteiger charge is -2.06. The van der Waals surface area contributed by atoms with Crippen molar-refractivity contribution in [1.29, 1.82) is 0 Å². The number of carbonyl (C=O) groups excluding carboxylic acids is 2. The van der Waals surface area contributed by atoms with Crippen LogP contribution < -0.4 is 5.32 Å². The molecule has 0 saturated carbocycles. The maximum Gasteiger partial charge on any atom is 0.340 e. The van der Waals surface area contributed by atoms with Crippen LogP contribution in [0.1, 0.15) is 15.2 Å². The second kappa shape index (κ2) is 9.54. The van der Waals surface area contributed by atoms with E-state index in [4.69, 9.17) is 16.3 Å². The van der Waals surface area contributed by atoms with E-state index < -0.39 is 5.97 Å². The number of halogens is 1. The summed E-state index contributed by atoms with van der Waals surface area (Å²) in [4.78, 5) is 28.4. The number of nitrogens with one attached hydrogen (secondary N) is 1. The van der Waals surface area contributed by atoms with E-state index in [2.05, 4.69) is 16.4 Å². The molecule has 0 aromatic carbocycles. The Morgan fingerprint density at radius 3 is 2.91 bits per heavy atom. The summed E-state index contributed by atoms with van der Waals surface area (Å²) in [7, 11) is 0. The van der Waals surface area contributed by atoms with Gasteiger partial charge in [-0.15, -0.1) is 11.3 Å². The molecule has 1 amide bonds. The SMILES string of the molecule is O=C(COC(=O)c1ccc(Cl)nc1)NCCSCc1cccs1. The van der Waals surface area contributed by atoms with Crippen molar-refractivity contribution in [3.8, 4) is 0 Å². The molecule has 0 fully saturated rings. The Bertz CT molecular complexity index is 633. The number of carbonyl (C=O) groups is 2. The molecule has 2 heterocycles. The van der Waals surface area contributed by atoms with Crippen LogP contribution in [0.25, 0.3) is 0 Å². The maximum atomic E-state index is 11.7. The summed E-state index contributed by atoms with van der Waals surface area (Å²) in [6.07, 6.45) is 1.31. The maximum absolute atomic E-state index is 11.7. The highest BCUT2D eigenvalue weighted by atomic mass is 35.5. The summed E-state index contributed by atoms with van der Waals surface area (Å²) in [6, 6.07) is 7.09. The molecule has 0 aliphatic rings. The van der Waals surface area contributed by atoms with Crippen LogP contribution in [0.3, 0.4) is 0 Å². The van der Waals surface area contributed by atoms with Gasteiger partial charge in [-0.2, -0.15) is 11.8 Å². The lowest BCUT2D eigenvalue weighted by atomic mass is 10.3. The molecular formula is C15H15ClN2O3S2. The number of esters is 1. The number of ether oxygens (including phenoxy) is 1. The van der Waals surface area contributed by atoms with Gasteiger partial charge in [0.05, 0.1) is 5.56 Å². The molecule has 1 N–H and O–H groups in total. The van der Waals surface area contributed by atoms with Crippen molar-refractivity contribution in [2.24, 2.45) is 0 Å². The first-order chi connectivity index (χ1) is 11.1. The average Bonchev–Trinajstić information content (AvgIpc) is 3.06. The predicted octanol–water partition coefficient (Wildman–Crippen LogP) is 3.00. The molecule has 2 rings (SSSR count). The van der Waals surface area contributed by atoms with Gasteiger partial charge in [0.15, 0.2) is 6.61 Å². The van der Waals surface area contributed by atoms with Crippen molar-refractivity contribution in [3.63, 3.8) is 0 Å². The number of thiophene rings is 1. The summed E-state index contributed by atoms with van der Waals surface area (Å²) in [6.45, 7) is 0.228. The number of hydrogen-bond donors (Lipinski definition) is 1. The van der Waals surface area contributed by atoms with Crippen molar-refractivity contribution >= 4 is 46.6 Å². The van der Waals surface area contributed by atoms with E-state index in [1.165, 1.54) is 23.2 Å². The Labute approximate surface area is 147 Å². The average molecular weight is 371 g/mol. The molecule has 122 valence electrons. The summed E-state index contributed by atoms with van der Waals surface area (Å²) in [5.74, 6) is 0.818. The highest BCUT2D eigenvalue weighted by Crippen LogP contribution is 2.16. The zero-order valence-corrected chi connectivity index (χ0v) is 14.5. The van der Waals surface area contributed by atoms with Gasteiger partial charge in [0.1, 0.15) is 5.15 Å². The molecule has 0 aliphatic carbocycles. The largest absolute Gasteiger partial charge is 0.452 e. The summed E-state index contributed by atoms with van der Waals surface area (Å²) in [5.41, 5.74) is 0.258. The van der Waals surface area contributed by atoms with Crippen molar-refractivity contribution in [1.82, 2.24) is 10.3 Å². The van der Waals surface area contributed by atoms with Gasteiger partial charge < -0.3 is 10.1 Å². The topological polar surface area (TPSA) is 68.3 Å². The Hall–Kier alpha value is -1.57. The van der Waals surface area contributed by atoms with Gasteiger partial charge in [0.25, 0.3) is 5.91 Å². The number of hydrogen-bond acceptors (Lipinski definition) is 6. The van der Waals surface area contributed by atoms with E-state index in [-0.39, 0.29) is 18.1 Å². The van der Waals surface area contributed by atoms with Crippen LogP contribution in [0, 0.1) is 0 Å². The molecule has 0 bridgehead atoms. The van der Waals surface area contributed by atoms with E-state index >= 15 is 0 Å². The molecule has 2 aromatic rings. The van der Waals surface area contributed by atoms with Crippen molar-refractivity contribution in [2.75, 3.05) is 18.9 Å². The van der Waals surface area contributed by atoms with E-state index in [9.17, 15) is 9.59 Å². The number of nitrogens with zero attached hydrogens (tertiary/aromatic N) is 1. The Balaban J connectivity index is 1.57. The highest BCUT2D eigenvalue weighted by molar-refractivity contribution is 7.98. The Kier molecular flexibility index (Phi) is 7.38. The first-order valence-electron chi connectivity index (χ1n) is 6.80. The third-order valence-electron chi connectivity index (χ3n) is 2.69. The smallest absolute Gasteiger partial charge is 0.340 e. The number of thioether (sulfide) groups is 1. The standard InChI is InChI=1S/C15H15ClN2O3S2/c16-13-4-3-11(8-18-13)15(20)21-9-14(19)17-5-7-22-10-12-2-1-6-23-12/h1-4,6,8H,5,7,9-10H2,(H,17,19). The fourth-order valence-corrected chi connectivity index (χ4v) is 3.40. The van der Waals surface area contributed by atoms with Crippen LogP contribution in [-0.4, -0.2) is 35.8 Å². The number of pyridine rings is 1. The minimum Gasteiger partial charge on any atom is -0.452 e. The van der Waals surface area contributed by atoms with E-state index in [0.717, 1.165) is 11.5 Å². The zero-order valence-electron chi connectivity index (χ0n) is 12.2. The fourth-order valence-electron chi connectivity index (χ4n) is 1.59. The minimum atomic E-state index is -0.601. The van der Waals surface area contributed by atoms with Crippen LogP contribution in [0.5, 0.6) is 0 Å². The lowest BCUT2D eigenvalue weighted by molar-refractivity contribution is -0.124. The molecule has 0 aliphatic heterocycles. The number of rotatable bonds is 8. The van der Waals surface area contributed by atoms with Crippen LogP contribution in [0.2, 0.25) is 5.15 Å². The lowest BCUT2D eigenvalue weighted by Crippen LogP contribution is -2.30.